The number of carbonyl (C=O) groups excluding carboxylic acids is 3. The van der Waals surface area contributed by atoms with Crippen LogP contribution in [0.15, 0.2) is 54.7 Å². The summed E-state index contributed by atoms with van der Waals surface area (Å²) in [4.78, 5) is 50.9. The molecule has 2 saturated heterocycles. The van der Waals surface area contributed by atoms with Gasteiger partial charge in [-0.15, -0.1) is 0 Å². The molecule has 0 aromatic heterocycles. The van der Waals surface area contributed by atoms with Crippen LogP contribution in [0.5, 0.6) is 0 Å². The van der Waals surface area contributed by atoms with Gasteiger partial charge in [0, 0.05) is 23.9 Å². The topological polar surface area (TPSA) is 110 Å². The average Bonchev–Trinajstić information content (AvgIpc) is 3.22. The lowest BCUT2D eigenvalue weighted by atomic mass is 9.83. The summed E-state index contributed by atoms with van der Waals surface area (Å²) in [6.45, 7) is 0. The number of rotatable bonds is 3. The molecule has 2 aromatic rings. The number of nitro benzene ring substituents is 1. The van der Waals surface area contributed by atoms with Crippen LogP contribution < -0.4 is 5.32 Å². The molecule has 3 aliphatic rings. The number of nitro groups is 1. The van der Waals surface area contributed by atoms with E-state index < -0.39 is 46.4 Å². The predicted octanol–water partition coefficient (Wildman–Crippen LogP) is 2.08. The maximum Gasteiger partial charge on any atom is 0.270 e. The lowest BCUT2D eigenvalue weighted by Crippen LogP contribution is -2.42. The van der Waals surface area contributed by atoms with E-state index in [1.165, 1.54) is 24.3 Å². The quantitative estimate of drug-likeness (QED) is 0.373. The minimum absolute atomic E-state index is 0.142. The monoisotopic (exact) mass is 389 g/mol. The first-order valence-electron chi connectivity index (χ1n) is 9.15. The van der Waals surface area contributed by atoms with Gasteiger partial charge in [0.25, 0.3) is 5.69 Å². The van der Waals surface area contributed by atoms with Gasteiger partial charge in [-0.2, -0.15) is 0 Å². The van der Waals surface area contributed by atoms with Gasteiger partial charge in [0.2, 0.25) is 11.8 Å². The predicted molar refractivity (Wildman–Crippen MR) is 101 cm³/mol. The third-order valence-electron chi connectivity index (χ3n) is 5.91. The Morgan fingerprint density at radius 3 is 2.59 bits per heavy atom. The molecular weight excluding hydrogens is 374 g/mol. The molecule has 2 amide bonds. The third-order valence-corrected chi connectivity index (χ3v) is 5.91. The molecule has 1 N–H and O–H groups in total. The summed E-state index contributed by atoms with van der Waals surface area (Å²) in [6.07, 6.45) is 3.59. The third kappa shape index (κ3) is 2.42. The molecule has 144 valence electrons. The Balaban J connectivity index is 1.63. The molecule has 0 spiro atoms. The van der Waals surface area contributed by atoms with Crippen LogP contribution in [-0.2, 0) is 9.59 Å². The maximum atomic E-state index is 13.4. The number of hydrogen-bond acceptors (Lipinski definition) is 6. The Labute approximate surface area is 165 Å². The normalized spacial score (nSPS) is 26.6. The summed E-state index contributed by atoms with van der Waals surface area (Å²) in [7, 11) is 0. The Hall–Kier alpha value is -3.81. The van der Waals surface area contributed by atoms with Gasteiger partial charge >= 0.3 is 0 Å². The van der Waals surface area contributed by atoms with Crippen molar-refractivity contribution < 1.29 is 19.3 Å². The van der Waals surface area contributed by atoms with Crippen molar-refractivity contribution in [2.75, 3.05) is 0 Å². The summed E-state index contributed by atoms with van der Waals surface area (Å²) in [5, 5.41) is 13.5. The zero-order valence-electron chi connectivity index (χ0n) is 15.0. The SMILES string of the molecule is O=C1NC(=O)[C@@H]2[C@@H]1[C@@H](C(=O)c1cccc([N+](=O)[O-])c1)N1C=Cc3ccccc3[C@H]21. The molecule has 2 aromatic carbocycles. The number of nitrogens with one attached hydrogen (secondary N) is 1. The number of benzene rings is 2. The van der Waals surface area contributed by atoms with Crippen molar-refractivity contribution in [1.82, 2.24) is 10.2 Å². The maximum absolute atomic E-state index is 13.4. The Morgan fingerprint density at radius 2 is 1.79 bits per heavy atom. The molecule has 0 aliphatic carbocycles. The first-order valence-corrected chi connectivity index (χ1v) is 9.15. The molecule has 4 atom stereocenters. The Bertz CT molecular complexity index is 1120. The number of amides is 2. The van der Waals surface area contributed by atoms with Crippen LogP contribution in [0.2, 0.25) is 0 Å². The van der Waals surface area contributed by atoms with Crippen molar-refractivity contribution in [3.05, 3.63) is 81.5 Å². The van der Waals surface area contributed by atoms with Gasteiger partial charge < -0.3 is 4.90 Å². The van der Waals surface area contributed by atoms with Crippen LogP contribution in [0.4, 0.5) is 5.69 Å². The summed E-state index contributed by atoms with van der Waals surface area (Å²) >= 11 is 0. The van der Waals surface area contributed by atoms with Gasteiger partial charge in [-0.1, -0.05) is 36.4 Å². The highest BCUT2D eigenvalue weighted by Crippen LogP contribution is 2.51. The average molecular weight is 389 g/mol. The standard InChI is InChI=1S/C21H15N3O5/c25-19(12-5-3-6-13(10-12)24(28)29)18-16-15(20(26)22-21(16)27)17-14-7-2-1-4-11(14)8-9-23(17)18/h1-10,15-18H,(H,22,26,27)/t15-,16-,17-,18+/m1/s1. The van der Waals surface area contributed by atoms with Crippen molar-refractivity contribution in [1.29, 1.82) is 0 Å². The molecule has 3 aliphatic heterocycles. The zero-order valence-corrected chi connectivity index (χ0v) is 15.0. The number of non-ortho nitro benzene ring substituents is 1. The number of ketones is 1. The second kappa shape index (κ2) is 6.10. The summed E-state index contributed by atoms with van der Waals surface area (Å²) in [5.41, 5.74) is 1.75. The molecule has 0 radical (unpaired) electrons. The highest BCUT2D eigenvalue weighted by molar-refractivity contribution is 6.12. The molecule has 0 bridgehead atoms. The van der Waals surface area contributed by atoms with E-state index in [2.05, 4.69) is 5.32 Å². The summed E-state index contributed by atoms with van der Waals surface area (Å²) in [6, 6.07) is 11.6. The van der Waals surface area contributed by atoms with Crippen molar-refractivity contribution in [2.24, 2.45) is 11.8 Å². The second-order valence-corrected chi connectivity index (χ2v) is 7.36. The number of fused-ring (bicyclic) bond motifs is 5. The molecule has 29 heavy (non-hydrogen) atoms. The largest absolute Gasteiger partial charge is 0.358 e. The highest BCUT2D eigenvalue weighted by Gasteiger charge is 2.61. The van der Waals surface area contributed by atoms with Gasteiger partial charge in [-0.05, 0) is 17.2 Å². The Morgan fingerprint density at radius 1 is 1.03 bits per heavy atom. The number of Topliss-reactive ketones (excluding diaryl/α,β-unsaturated/α-hetero) is 1. The van der Waals surface area contributed by atoms with E-state index in [9.17, 15) is 24.5 Å². The number of hydrogen-bond donors (Lipinski definition) is 1. The molecule has 0 saturated carbocycles. The van der Waals surface area contributed by atoms with E-state index in [4.69, 9.17) is 0 Å². The fourth-order valence-electron chi connectivity index (χ4n) is 4.72. The summed E-state index contributed by atoms with van der Waals surface area (Å²) in [5.74, 6) is -2.84. The van der Waals surface area contributed by atoms with Crippen molar-refractivity contribution >= 4 is 29.4 Å². The second-order valence-electron chi connectivity index (χ2n) is 7.36. The van der Waals surface area contributed by atoms with Crippen molar-refractivity contribution in [2.45, 2.75) is 12.1 Å². The molecule has 8 nitrogen and oxygen atoms in total. The number of imide groups is 1. The van der Waals surface area contributed by atoms with Crippen LogP contribution in [-0.4, -0.2) is 33.5 Å². The molecule has 3 heterocycles. The van der Waals surface area contributed by atoms with Crippen LogP contribution in [0.3, 0.4) is 0 Å². The molecule has 5 rings (SSSR count). The van der Waals surface area contributed by atoms with Crippen LogP contribution in [0.25, 0.3) is 6.08 Å². The van der Waals surface area contributed by atoms with E-state index in [1.807, 2.05) is 30.3 Å². The van der Waals surface area contributed by atoms with Crippen molar-refractivity contribution in [3.63, 3.8) is 0 Å². The molecule has 0 unspecified atom stereocenters. The fourth-order valence-corrected chi connectivity index (χ4v) is 4.72. The van der Waals surface area contributed by atoms with E-state index in [0.717, 1.165) is 11.1 Å². The number of carbonyl (C=O) groups is 3. The fraction of sp³-hybridized carbons (Fsp3) is 0.190. The minimum Gasteiger partial charge on any atom is -0.358 e. The molecule has 2 fully saturated rings. The van der Waals surface area contributed by atoms with Gasteiger partial charge in [0.05, 0.1) is 22.8 Å². The summed E-state index contributed by atoms with van der Waals surface area (Å²) < 4.78 is 0. The molecule has 8 heteroatoms. The lowest BCUT2D eigenvalue weighted by Gasteiger charge is -2.34. The van der Waals surface area contributed by atoms with Crippen LogP contribution >= 0.6 is 0 Å². The van der Waals surface area contributed by atoms with E-state index >= 15 is 0 Å². The van der Waals surface area contributed by atoms with Gasteiger partial charge in [-0.3, -0.25) is 29.8 Å². The van der Waals surface area contributed by atoms with E-state index in [0.29, 0.717) is 0 Å². The minimum atomic E-state index is -0.914. The van der Waals surface area contributed by atoms with Crippen molar-refractivity contribution in [3.8, 4) is 0 Å². The van der Waals surface area contributed by atoms with E-state index in [-0.39, 0.29) is 11.3 Å². The van der Waals surface area contributed by atoms with Crippen LogP contribution in [0.1, 0.15) is 27.5 Å². The highest BCUT2D eigenvalue weighted by atomic mass is 16.6. The van der Waals surface area contributed by atoms with Gasteiger partial charge in [-0.25, -0.2) is 0 Å². The van der Waals surface area contributed by atoms with Gasteiger partial charge in [0.1, 0.15) is 6.04 Å². The number of nitrogens with zero attached hydrogens (tertiary/aromatic N) is 2. The van der Waals surface area contributed by atoms with E-state index in [1.54, 1.807) is 11.1 Å². The smallest absolute Gasteiger partial charge is 0.270 e. The Kier molecular flexibility index (Phi) is 3.64. The lowest BCUT2D eigenvalue weighted by molar-refractivity contribution is -0.384. The molecular formula is C21H15N3O5. The zero-order chi connectivity index (χ0) is 20.3. The first-order chi connectivity index (χ1) is 14.0. The van der Waals surface area contributed by atoms with Gasteiger partial charge in [0.15, 0.2) is 5.78 Å². The van der Waals surface area contributed by atoms with Crippen LogP contribution in [0, 0.1) is 22.0 Å². The first kappa shape index (κ1) is 17.3.